The number of benzene rings is 1. The van der Waals surface area contributed by atoms with Crippen LogP contribution in [0.5, 0.6) is 0 Å². The van der Waals surface area contributed by atoms with Crippen LogP contribution >= 0.6 is 34.8 Å². The second-order valence-corrected chi connectivity index (χ2v) is 5.27. The molecule has 0 bridgehead atoms. The Hall–Kier alpha value is -0.770. The van der Waals surface area contributed by atoms with Crippen LogP contribution in [0.15, 0.2) is 22.7 Å². The van der Waals surface area contributed by atoms with Crippen LogP contribution in [-0.2, 0) is 0 Å². The number of rotatable bonds is 4. The third-order valence-corrected chi connectivity index (χ3v) is 3.22. The van der Waals surface area contributed by atoms with Crippen molar-refractivity contribution in [2.75, 3.05) is 0 Å². The van der Waals surface area contributed by atoms with Gasteiger partial charge < -0.3 is 4.52 Å². The van der Waals surface area contributed by atoms with E-state index in [0.717, 1.165) is 12.8 Å². The Morgan fingerprint density at radius 2 is 1.89 bits per heavy atom. The number of hydrogen-bond donors (Lipinski definition) is 0. The first-order chi connectivity index (χ1) is 8.60. The van der Waals surface area contributed by atoms with Gasteiger partial charge in [0, 0.05) is 15.6 Å². The van der Waals surface area contributed by atoms with Crippen LogP contribution < -0.4 is 0 Å². The van der Waals surface area contributed by atoms with E-state index in [1.807, 2.05) is 6.92 Å². The summed E-state index contributed by atoms with van der Waals surface area (Å²) in [5.41, 5.74) is 0.687. The zero-order chi connectivity index (χ0) is 13.1. The number of alkyl halides is 1. The summed E-state index contributed by atoms with van der Waals surface area (Å²) in [6.07, 6.45) is 1.76. The van der Waals surface area contributed by atoms with Gasteiger partial charge in [0.1, 0.15) is 0 Å². The molecule has 1 unspecified atom stereocenters. The summed E-state index contributed by atoms with van der Waals surface area (Å²) in [5.74, 6) is 0.862. The second-order valence-electron chi connectivity index (χ2n) is 3.87. The Morgan fingerprint density at radius 3 is 2.50 bits per heavy atom. The third kappa shape index (κ3) is 3.16. The van der Waals surface area contributed by atoms with Crippen molar-refractivity contribution in [1.82, 2.24) is 10.1 Å². The zero-order valence-corrected chi connectivity index (χ0v) is 11.9. The number of nitrogens with zero attached hydrogens (tertiary/aromatic N) is 2. The Labute approximate surface area is 120 Å². The molecule has 1 aromatic heterocycles. The highest BCUT2D eigenvalue weighted by atomic mass is 35.5. The summed E-state index contributed by atoms with van der Waals surface area (Å²) in [5, 5.41) is 4.68. The van der Waals surface area contributed by atoms with Crippen LogP contribution in [0.2, 0.25) is 10.0 Å². The van der Waals surface area contributed by atoms with Crippen LogP contribution in [0, 0.1) is 0 Å². The quantitative estimate of drug-likeness (QED) is 0.736. The molecular weight excluding hydrogens is 295 g/mol. The van der Waals surface area contributed by atoms with E-state index in [9.17, 15) is 0 Å². The van der Waals surface area contributed by atoms with Gasteiger partial charge >= 0.3 is 0 Å². The molecule has 2 rings (SSSR count). The van der Waals surface area contributed by atoms with Crippen molar-refractivity contribution < 1.29 is 4.52 Å². The lowest BCUT2D eigenvalue weighted by molar-refractivity contribution is 0.420. The van der Waals surface area contributed by atoms with Crippen molar-refractivity contribution in [2.45, 2.75) is 25.1 Å². The lowest BCUT2D eigenvalue weighted by Gasteiger charge is -2.00. The van der Waals surface area contributed by atoms with Crippen molar-refractivity contribution in [2.24, 2.45) is 0 Å². The lowest BCUT2D eigenvalue weighted by Crippen LogP contribution is -1.92. The maximum atomic E-state index is 6.13. The molecule has 2 aromatic rings. The standard InChI is InChI=1S/C12H11Cl3N2O/c1-2-3-10(15)11-16-12(18-17-11)7-4-8(13)6-9(14)5-7/h4-6,10H,2-3H2,1H3. The Bertz CT molecular complexity index is 522. The molecule has 0 amide bonds. The van der Waals surface area contributed by atoms with E-state index in [1.165, 1.54) is 0 Å². The van der Waals surface area contributed by atoms with Crippen LogP contribution in [0.1, 0.15) is 31.0 Å². The molecule has 0 spiro atoms. The van der Waals surface area contributed by atoms with Gasteiger partial charge in [-0.25, -0.2) is 0 Å². The highest BCUT2D eigenvalue weighted by Gasteiger charge is 2.16. The van der Waals surface area contributed by atoms with Crippen molar-refractivity contribution in [3.8, 4) is 11.5 Å². The summed E-state index contributed by atoms with van der Waals surface area (Å²) in [4.78, 5) is 4.25. The molecule has 1 aromatic carbocycles. The zero-order valence-electron chi connectivity index (χ0n) is 9.66. The summed E-state index contributed by atoms with van der Waals surface area (Å²) < 4.78 is 5.17. The predicted octanol–water partition coefficient (Wildman–Crippen LogP) is 5.12. The fourth-order valence-corrected chi connectivity index (χ4v) is 2.37. The highest BCUT2D eigenvalue weighted by Crippen LogP contribution is 2.29. The largest absolute Gasteiger partial charge is 0.334 e. The predicted molar refractivity (Wildman–Crippen MR) is 73.3 cm³/mol. The first kappa shape index (κ1) is 13.7. The van der Waals surface area contributed by atoms with Crippen molar-refractivity contribution >= 4 is 34.8 Å². The normalized spacial score (nSPS) is 12.7. The molecule has 0 aliphatic rings. The van der Waals surface area contributed by atoms with Gasteiger partial charge in [-0.05, 0) is 24.6 Å². The van der Waals surface area contributed by atoms with Gasteiger partial charge in [-0.1, -0.05) is 41.7 Å². The molecular formula is C12H11Cl3N2O. The van der Waals surface area contributed by atoms with E-state index in [2.05, 4.69) is 10.1 Å². The van der Waals surface area contributed by atoms with Gasteiger partial charge in [0.15, 0.2) is 5.82 Å². The second kappa shape index (κ2) is 5.91. The van der Waals surface area contributed by atoms with Crippen LogP contribution in [-0.4, -0.2) is 10.1 Å². The molecule has 0 fully saturated rings. The molecule has 0 saturated heterocycles. The van der Waals surface area contributed by atoms with E-state index in [1.54, 1.807) is 18.2 Å². The SMILES string of the molecule is CCCC(Cl)c1noc(-c2cc(Cl)cc(Cl)c2)n1. The molecule has 3 nitrogen and oxygen atoms in total. The number of aromatic nitrogens is 2. The summed E-state index contributed by atoms with van der Waals surface area (Å²) in [6.45, 7) is 2.05. The summed E-state index contributed by atoms with van der Waals surface area (Å²) in [7, 11) is 0. The minimum Gasteiger partial charge on any atom is -0.334 e. The Morgan fingerprint density at radius 1 is 1.22 bits per heavy atom. The van der Waals surface area contributed by atoms with Gasteiger partial charge in [-0.15, -0.1) is 11.6 Å². The first-order valence-electron chi connectivity index (χ1n) is 5.54. The molecule has 0 N–H and O–H groups in total. The van der Waals surface area contributed by atoms with Gasteiger partial charge in [0.25, 0.3) is 5.89 Å². The minimum absolute atomic E-state index is 0.234. The van der Waals surface area contributed by atoms with Gasteiger partial charge in [0.2, 0.25) is 0 Å². The van der Waals surface area contributed by atoms with E-state index >= 15 is 0 Å². The maximum absolute atomic E-state index is 6.13. The van der Waals surface area contributed by atoms with Gasteiger partial charge in [-0.3, -0.25) is 0 Å². The fraction of sp³-hybridized carbons (Fsp3) is 0.333. The number of hydrogen-bond acceptors (Lipinski definition) is 3. The number of halogens is 3. The van der Waals surface area contributed by atoms with Gasteiger partial charge in [0.05, 0.1) is 5.38 Å². The molecule has 96 valence electrons. The van der Waals surface area contributed by atoms with E-state index in [-0.39, 0.29) is 5.38 Å². The van der Waals surface area contributed by atoms with Gasteiger partial charge in [-0.2, -0.15) is 4.98 Å². The first-order valence-corrected chi connectivity index (χ1v) is 6.73. The molecule has 0 saturated carbocycles. The van der Waals surface area contributed by atoms with Crippen LogP contribution in [0.3, 0.4) is 0 Å². The summed E-state index contributed by atoms with van der Waals surface area (Å²) in [6, 6.07) is 5.08. The molecule has 1 heterocycles. The van der Waals surface area contributed by atoms with Crippen LogP contribution in [0.4, 0.5) is 0 Å². The topological polar surface area (TPSA) is 38.9 Å². The smallest absolute Gasteiger partial charge is 0.258 e. The maximum Gasteiger partial charge on any atom is 0.258 e. The Kier molecular flexibility index (Phi) is 4.49. The lowest BCUT2D eigenvalue weighted by atomic mass is 10.2. The molecule has 18 heavy (non-hydrogen) atoms. The third-order valence-electron chi connectivity index (χ3n) is 2.37. The molecule has 6 heteroatoms. The van der Waals surface area contributed by atoms with Crippen molar-refractivity contribution in [3.63, 3.8) is 0 Å². The van der Waals surface area contributed by atoms with Crippen molar-refractivity contribution in [1.29, 1.82) is 0 Å². The van der Waals surface area contributed by atoms with Crippen molar-refractivity contribution in [3.05, 3.63) is 34.1 Å². The monoisotopic (exact) mass is 304 g/mol. The average molecular weight is 306 g/mol. The molecule has 0 radical (unpaired) electrons. The van der Waals surface area contributed by atoms with E-state index in [0.29, 0.717) is 27.3 Å². The minimum atomic E-state index is -0.234. The molecule has 0 aliphatic heterocycles. The average Bonchev–Trinajstić information content (AvgIpc) is 2.77. The van der Waals surface area contributed by atoms with E-state index in [4.69, 9.17) is 39.3 Å². The molecule has 1 atom stereocenters. The Balaban J connectivity index is 2.29. The summed E-state index contributed by atoms with van der Waals surface area (Å²) >= 11 is 18.0. The highest BCUT2D eigenvalue weighted by molar-refractivity contribution is 6.35. The van der Waals surface area contributed by atoms with Crippen LogP contribution in [0.25, 0.3) is 11.5 Å². The molecule has 0 aliphatic carbocycles. The van der Waals surface area contributed by atoms with E-state index < -0.39 is 0 Å². The fourth-order valence-electron chi connectivity index (χ4n) is 1.54.